The molecule has 0 saturated carbocycles. The fourth-order valence-corrected chi connectivity index (χ4v) is 1.64. The molecule has 1 nitrogen and oxygen atoms in total. The van der Waals surface area contributed by atoms with Crippen LogP contribution in [0.5, 0.6) is 0 Å². The van der Waals surface area contributed by atoms with E-state index in [1.165, 1.54) is 10.9 Å². The summed E-state index contributed by atoms with van der Waals surface area (Å²) in [5.41, 5.74) is 2.36. The van der Waals surface area contributed by atoms with Crippen molar-refractivity contribution in [2.24, 2.45) is 0 Å². The van der Waals surface area contributed by atoms with E-state index in [1.807, 2.05) is 13.8 Å². The van der Waals surface area contributed by atoms with Crippen molar-refractivity contribution in [1.29, 1.82) is 0 Å². The molecule has 2 aromatic rings. The Hall–Kier alpha value is -1.24. The molecule has 0 fully saturated rings. The van der Waals surface area contributed by atoms with Crippen LogP contribution in [0.1, 0.15) is 51.9 Å². The molecule has 0 spiro atoms. The van der Waals surface area contributed by atoms with Crippen LogP contribution in [0.4, 0.5) is 0 Å². The quantitative estimate of drug-likeness (QED) is 0.679. The number of benzene rings is 1. The zero-order chi connectivity index (χ0) is 12.1. The smallest absolute Gasteiger partial charge is 0.134 e. The van der Waals surface area contributed by atoms with Gasteiger partial charge in [0.2, 0.25) is 0 Å². The maximum atomic E-state index is 5.71. The average molecular weight is 218 g/mol. The monoisotopic (exact) mass is 218 g/mol. The van der Waals surface area contributed by atoms with Gasteiger partial charge in [-0.05, 0) is 23.6 Å². The lowest BCUT2D eigenvalue weighted by Gasteiger charge is -2.03. The summed E-state index contributed by atoms with van der Waals surface area (Å²) in [4.78, 5) is 0. The van der Waals surface area contributed by atoms with Crippen LogP contribution >= 0.6 is 0 Å². The van der Waals surface area contributed by atoms with Crippen molar-refractivity contribution in [3.63, 3.8) is 0 Å². The number of aryl methyl sites for hydroxylation is 1. The van der Waals surface area contributed by atoms with Crippen molar-refractivity contribution < 1.29 is 4.42 Å². The number of fused-ring (bicyclic) bond motifs is 1. The zero-order valence-electron chi connectivity index (χ0n) is 11.0. The van der Waals surface area contributed by atoms with Gasteiger partial charge >= 0.3 is 0 Å². The Kier molecular flexibility index (Phi) is 4.60. The molecule has 0 aliphatic carbocycles. The van der Waals surface area contributed by atoms with Crippen molar-refractivity contribution in [1.82, 2.24) is 0 Å². The number of hydrogen-bond acceptors (Lipinski definition) is 1. The molecule has 0 atom stereocenters. The SMILES string of the molecule is CC.CCc1cc2ccc(C(C)C)cc2o1. The van der Waals surface area contributed by atoms with E-state index >= 15 is 0 Å². The van der Waals surface area contributed by atoms with Crippen molar-refractivity contribution in [3.05, 3.63) is 35.6 Å². The molecule has 16 heavy (non-hydrogen) atoms. The highest BCUT2D eigenvalue weighted by atomic mass is 16.3. The summed E-state index contributed by atoms with van der Waals surface area (Å²) >= 11 is 0. The summed E-state index contributed by atoms with van der Waals surface area (Å²) in [7, 11) is 0. The van der Waals surface area contributed by atoms with Crippen LogP contribution in [-0.2, 0) is 6.42 Å². The van der Waals surface area contributed by atoms with E-state index < -0.39 is 0 Å². The molecule has 0 unspecified atom stereocenters. The Balaban J connectivity index is 0.000000606. The molecule has 1 aromatic carbocycles. The lowest BCUT2D eigenvalue weighted by molar-refractivity contribution is 0.556. The molecule has 0 radical (unpaired) electrons. The third kappa shape index (κ3) is 2.66. The fourth-order valence-electron chi connectivity index (χ4n) is 1.64. The largest absolute Gasteiger partial charge is 0.461 e. The minimum Gasteiger partial charge on any atom is -0.461 e. The Morgan fingerprint density at radius 1 is 1.12 bits per heavy atom. The van der Waals surface area contributed by atoms with Gasteiger partial charge in [-0.25, -0.2) is 0 Å². The molecule has 0 N–H and O–H groups in total. The molecule has 0 aliphatic rings. The fraction of sp³-hybridized carbons (Fsp3) is 0.467. The van der Waals surface area contributed by atoms with Crippen molar-refractivity contribution >= 4 is 11.0 Å². The predicted molar refractivity (Wildman–Crippen MR) is 71.0 cm³/mol. The van der Waals surface area contributed by atoms with E-state index in [0.717, 1.165) is 17.8 Å². The summed E-state index contributed by atoms with van der Waals surface area (Å²) in [5, 5.41) is 1.21. The first-order valence-electron chi connectivity index (χ1n) is 6.23. The normalized spacial score (nSPS) is 10.4. The van der Waals surface area contributed by atoms with Crippen LogP contribution < -0.4 is 0 Å². The highest BCUT2D eigenvalue weighted by molar-refractivity contribution is 5.78. The maximum Gasteiger partial charge on any atom is 0.134 e. The first-order chi connectivity index (χ1) is 7.70. The van der Waals surface area contributed by atoms with Crippen LogP contribution in [0.2, 0.25) is 0 Å². The zero-order valence-corrected chi connectivity index (χ0v) is 11.0. The molecule has 1 aromatic heterocycles. The van der Waals surface area contributed by atoms with E-state index in [4.69, 9.17) is 4.42 Å². The summed E-state index contributed by atoms with van der Waals surface area (Å²) in [6, 6.07) is 8.61. The van der Waals surface area contributed by atoms with Gasteiger partial charge in [-0.15, -0.1) is 0 Å². The molecule has 0 aliphatic heterocycles. The van der Waals surface area contributed by atoms with Gasteiger partial charge < -0.3 is 4.42 Å². The van der Waals surface area contributed by atoms with E-state index in [2.05, 4.69) is 45.0 Å². The third-order valence-electron chi connectivity index (χ3n) is 2.61. The van der Waals surface area contributed by atoms with Crippen molar-refractivity contribution in [2.75, 3.05) is 0 Å². The lowest BCUT2D eigenvalue weighted by Crippen LogP contribution is -1.84. The summed E-state index contributed by atoms with van der Waals surface area (Å²) in [5.74, 6) is 1.63. The van der Waals surface area contributed by atoms with E-state index in [0.29, 0.717) is 5.92 Å². The van der Waals surface area contributed by atoms with Crippen molar-refractivity contribution in [2.45, 2.75) is 47.0 Å². The van der Waals surface area contributed by atoms with Crippen LogP contribution in [-0.4, -0.2) is 0 Å². The van der Waals surface area contributed by atoms with Gasteiger partial charge in [0.05, 0.1) is 0 Å². The van der Waals surface area contributed by atoms with Crippen LogP contribution in [0.15, 0.2) is 28.7 Å². The molecule has 88 valence electrons. The standard InChI is InChI=1S/C13H16O.C2H6/c1-4-12-7-11-6-5-10(9(2)3)8-13(11)14-12;1-2/h5-9H,4H2,1-3H3;1-2H3. The van der Waals surface area contributed by atoms with Crippen molar-refractivity contribution in [3.8, 4) is 0 Å². The van der Waals surface area contributed by atoms with E-state index in [1.54, 1.807) is 0 Å². The molecule has 0 amide bonds. The van der Waals surface area contributed by atoms with Crippen LogP contribution in [0.25, 0.3) is 11.0 Å². The highest BCUT2D eigenvalue weighted by Crippen LogP contribution is 2.24. The lowest BCUT2D eigenvalue weighted by atomic mass is 10.0. The first-order valence-corrected chi connectivity index (χ1v) is 6.23. The second kappa shape index (κ2) is 5.74. The van der Waals surface area contributed by atoms with Gasteiger partial charge in [-0.1, -0.05) is 46.8 Å². The molecule has 0 bridgehead atoms. The highest BCUT2D eigenvalue weighted by Gasteiger charge is 2.04. The molecule has 2 rings (SSSR count). The number of hydrogen-bond donors (Lipinski definition) is 0. The second-order valence-electron chi connectivity index (χ2n) is 4.02. The molecular formula is C15H22O. The molecule has 1 heteroatoms. The Morgan fingerprint density at radius 3 is 2.38 bits per heavy atom. The minimum absolute atomic E-state index is 0.564. The topological polar surface area (TPSA) is 13.1 Å². The third-order valence-corrected chi connectivity index (χ3v) is 2.61. The van der Waals surface area contributed by atoms with Crippen LogP contribution in [0, 0.1) is 0 Å². The van der Waals surface area contributed by atoms with Gasteiger partial charge in [0.1, 0.15) is 11.3 Å². The summed E-state index contributed by atoms with van der Waals surface area (Å²) in [6.07, 6.45) is 0.964. The first kappa shape index (κ1) is 12.8. The van der Waals surface area contributed by atoms with Gasteiger partial charge in [-0.2, -0.15) is 0 Å². The Labute approximate surface area is 98.5 Å². The maximum absolute atomic E-state index is 5.71. The minimum atomic E-state index is 0.564. The predicted octanol–water partition coefficient (Wildman–Crippen LogP) is 5.14. The Bertz CT molecular complexity index is 438. The second-order valence-corrected chi connectivity index (χ2v) is 4.02. The summed E-state index contributed by atoms with van der Waals surface area (Å²) < 4.78 is 5.71. The molecule has 0 saturated heterocycles. The van der Waals surface area contributed by atoms with E-state index in [-0.39, 0.29) is 0 Å². The molecular weight excluding hydrogens is 196 g/mol. The number of furan rings is 1. The molecule has 1 heterocycles. The number of rotatable bonds is 2. The average Bonchev–Trinajstić information content (AvgIpc) is 2.73. The Morgan fingerprint density at radius 2 is 1.81 bits per heavy atom. The van der Waals surface area contributed by atoms with Gasteiger partial charge in [0, 0.05) is 11.8 Å². The van der Waals surface area contributed by atoms with Crippen LogP contribution in [0.3, 0.4) is 0 Å². The van der Waals surface area contributed by atoms with Gasteiger partial charge in [-0.3, -0.25) is 0 Å². The summed E-state index contributed by atoms with van der Waals surface area (Å²) in [6.45, 7) is 10.5. The van der Waals surface area contributed by atoms with Gasteiger partial charge in [0.25, 0.3) is 0 Å². The van der Waals surface area contributed by atoms with Gasteiger partial charge in [0.15, 0.2) is 0 Å². The van der Waals surface area contributed by atoms with E-state index in [9.17, 15) is 0 Å².